The maximum Gasteiger partial charge on any atom is 0.270 e. The molecule has 1 atom stereocenters. The van der Waals surface area contributed by atoms with Crippen LogP contribution in [0.3, 0.4) is 0 Å². The quantitative estimate of drug-likeness (QED) is 0.457. The molecule has 3 aromatic rings. The highest BCUT2D eigenvalue weighted by atomic mass is 32.2. The van der Waals surface area contributed by atoms with Crippen molar-refractivity contribution in [1.82, 2.24) is 25.3 Å². The zero-order chi connectivity index (χ0) is 23.0. The molecule has 2 saturated carbocycles. The van der Waals surface area contributed by atoms with Crippen molar-refractivity contribution in [3.63, 3.8) is 0 Å². The number of carbonyl (C=O) groups excluding carboxylic acids is 1. The van der Waals surface area contributed by atoms with Crippen LogP contribution in [0.15, 0.2) is 36.1 Å². The van der Waals surface area contributed by atoms with Crippen LogP contribution in [0.5, 0.6) is 5.88 Å². The lowest BCUT2D eigenvalue weighted by atomic mass is 10.1. The van der Waals surface area contributed by atoms with E-state index in [9.17, 15) is 13.6 Å². The highest BCUT2D eigenvalue weighted by Crippen LogP contribution is 2.47. The van der Waals surface area contributed by atoms with Gasteiger partial charge in [0.1, 0.15) is 5.69 Å². The van der Waals surface area contributed by atoms with Crippen LogP contribution in [0.1, 0.15) is 48.8 Å². The Balaban J connectivity index is 1.29. The fourth-order valence-electron chi connectivity index (χ4n) is 3.47. The zero-order valence-corrected chi connectivity index (χ0v) is 19.4. The van der Waals surface area contributed by atoms with Gasteiger partial charge < -0.3 is 14.6 Å². The van der Waals surface area contributed by atoms with Crippen LogP contribution >= 0.6 is 11.3 Å². The van der Waals surface area contributed by atoms with Crippen molar-refractivity contribution >= 4 is 33.6 Å². The number of rotatable bonds is 9. The van der Waals surface area contributed by atoms with E-state index < -0.39 is 16.8 Å². The van der Waals surface area contributed by atoms with Crippen LogP contribution in [-0.4, -0.2) is 47.3 Å². The molecule has 0 spiro atoms. The van der Waals surface area contributed by atoms with Gasteiger partial charge in [-0.05, 0) is 44.7 Å². The fraction of sp³-hybridized carbons (Fsp3) is 0.381. The summed E-state index contributed by atoms with van der Waals surface area (Å²) in [5.41, 5.74) is 1.70. The molecule has 0 bridgehead atoms. The van der Waals surface area contributed by atoms with E-state index in [2.05, 4.69) is 25.3 Å². The first kappa shape index (κ1) is 21.9. The Hall–Kier alpha value is -2.96. The number of nitrogens with one attached hydrogen (secondary N) is 1. The number of hydrogen-bond acceptors (Lipinski definition) is 9. The minimum absolute atomic E-state index is 0.00582. The van der Waals surface area contributed by atoms with Gasteiger partial charge in [0.2, 0.25) is 5.88 Å². The molecule has 1 amide bonds. The summed E-state index contributed by atoms with van der Waals surface area (Å²) < 4.78 is 29.9. The van der Waals surface area contributed by atoms with Crippen molar-refractivity contribution in [2.24, 2.45) is 0 Å². The first-order valence-corrected chi connectivity index (χ1v) is 12.5. The van der Waals surface area contributed by atoms with E-state index >= 15 is 0 Å². The SMILES string of the molecule is CCOc1cncc(-c2ccc(C(=O)NC3(c4csc(N(C5CC5)S(=O)[O-])n4)CC3)nc2)n1. The second-order valence-corrected chi connectivity index (χ2v) is 9.60. The summed E-state index contributed by atoms with van der Waals surface area (Å²) in [6.45, 7) is 2.36. The average Bonchev–Trinajstić information content (AvgIpc) is 3.74. The number of anilines is 1. The largest absolute Gasteiger partial charge is 0.755 e. The topological polar surface area (TPSA) is 133 Å². The lowest BCUT2D eigenvalue weighted by molar-refractivity contribution is 0.0925. The molecule has 172 valence electrons. The number of aromatic nitrogens is 4. The highest BCUT2D eigenvalue weighted by molar-refractivity contribution is 7.81. The van der Waals surface area contributed by atoms with Crippen molar-refractivity contribution in [3.05, 3.63) is 47.5 Å². The lowest BCUT2D eigenvalue weighted by Gasteiger charge is -2.23. The maximum atomic E-state index is 12.9. The second-order valence-electron chi connectivity index (χ2n) is 7.93. The third-order valence-electron chi connectivity index (χ3n) is 5.51. The Bertz CT molecular complexity index is 1190. The number of ether oxygens (including phenoxy) is 1. The summed E-state index contributed by atoms with van der Waals surface area (Å²) in [6, 6.07) is 3.39. The summed E-state index contributed by atoms with van der Waals surface area (Å²) in [5.74, 6) is 0.116. The average molecular weight is 486 g/mol. The van der Waals surface area contributed by atoms with Crippen LogP contribution < -0.4 is 14.4 Å². The Morgan fingerprint density at radius 2 is 2.12 bits per heavy atom. The second kappa shape index (κ2) is 8.76. The van der Waals surface area contributed by atoms with Gasteiger partial charge in [0, 0.05) is 34.4 Å². The summed E-state index contributed by atoms with van der Waals surface area (Å²) in [5, 5.41) is 5.30. The molecular weight excluding hydrogens is 464 g/mol. The van der Waals surface area contributed by atoms with Crippen molar-refractivity contribution in [2.45, 2.75) is 44.2 Å². The molecule has 33 heavy (non-hydrogen) atoms. The number of thiazole rings is 1. The number of pyridine rings is 1. The van der Waals surface area contributed by atoms with Gasteiger partial charge in [-0.15, -0.1) is 11.3 Å². The molecule has 3 aromatic heterocycles. The molecule has 3 heterocycles. The maximum absolute atomic E-state index is 12.9. The van der Waals surface area contributed by atoms with Crippen LogP contribution in [-0.2, 0) is 16.8 Å². The molecule has 1 N–H and O–H groups in total. The Morgan fingerprint density at radius 1 is 1.30 bits per heavy atom. The molecule has 0 saturated heterocycles. The minimum Gasteiger partial charge on any atom is -0.755 e. The predicted molar refractivity (Wildman–Crippen MR) is 121 cm³/mol. The standard InChI is InChI=1S/C21H22N6O4S2/c1-2-31-18-11-22-10-16(24-18)13-3-6-15(23-9-13)19(28)26-21(7-8-21)17-12-32-20(25-17)27(33(29)30)14-4-5-14/h3,6,9-12,14H,2,4-5,7-8H2,1H3,(H,26,28)(H,29,30)/p-1. The van der Waals surface area contributed by atoms with Crippen molar-refractivity contribution in [3.8, 4) is 17.1 Å². The van der Waals surface area contributed by atoms with E-state index in [0.717, 1.165) is 31.2 Å². The van der Waals surface area contributed by atoms with E-state index in [4.69, 9.17) is 4.74 Å². The number of nitrogens with zero attached hydrogens (tertiary/aromatic N) is 5. The molecule has 10 nitrogen and oxygen atoms in total. The smallest absolute Gasteiger partial charge is 0.270 e. The molecule has 1 unspecified atom stereocenters. The van der Waals surface area contributed by atoms with E-state index in [1.807, 2.05) is 12.3 Å². The monoisotopic (exact) mass is 485 g/mol. The predicted octanol–water partition coefficient (Wildman–Crippen LogP) is 2.58. The van der Waals surface area contributed by atoms with Crippen LogP contribution in [0, 0.1) is 0 Å². The summed E-state index contributed by atoms with van der Waals surface area (Å²) >= 11 is -1.08. The lowest BCUT2D eigenvalue weighted by Crippen LogP contribution is -2.35. The third-order valence-corrected chi connectivity index (χ3v) is 7.26. The fourth-order valence-corrected chi connectivity index (χ4v) is 5.31. The van der Waals surface area contributed by atoms with Crippen molar-refractivity contribution in [2.75, 3.05) is 10.9 Å². The first-order chi connectivity index (χ1) is 16.0. The van der Waals surface area contributed by atoms with E-state index in [-0.39, 0.29) is 17.6 Å². The van der Waals surface area contributed by atoms with Crippen molar-refractivity contribution in [1.29, 1.82) is 0 Å². The number of amides is 1. The molecule has 12 heteroatoms. The Morgan fingerprint density at radius 3 is 2.76 bits per heavy atom. The van der Waals surface area contributed by atoms with Gasteiger partial charge in [-0.3, -0.25) is 23.3 Å². The van der Waals surface area contributed by atoms with Gasteiger partial charge in [0.15, 0.2) is 5.13 Å². The molecule has 2 aliphatic carbocycles. The van der Waals surface area contributed by atoms with E-state index in [1.54, 1.807) is 30.7 Å². The summed E-state index contributed by atoms with van der Waals surface area (Å²) in [7, 11) is 0. The van der Waals surface area contributed by atoms with E-state index in [0.29, 0.717) is 29.0 Å². The van der Waals surface area contributed by atoms with Crippen molar-refractivity contribution < 1.29 is 18.3 Å². The van der Waals surface area contributed by atoms with Gasteiger partial charge in [-0.2, -0.15) is 0 Å². The molecule has 0 aromatic carbocycles. The first-order valence-electron chi connectivity index (χ1n) is 10.6. The van der Waals surface area contributed by atoms with Gasteiger partial charge in [-0.25, -0.2) is 9.97 Å². The van der Waals surface area contributed by atoms with Crippen LogP contribution in [0.4, 0.5) is 5.13 Å². The molecule has 2 aliphatic rings. The Labute approximate surface area is 196 Å². The zero-order valence-electron chi connectivity index (χ0n) is 17.8. The van der Waals surface area contributed by atoms with Gasteiger partial charge in [0.25, 0.3) is 5.91 Å². The molecule has 0 aliphatic heterocycles. The summed E-state index contributed by atoms with van der Waals surface area (Å²) in [4.78, 5) is 30.2. The minimum atomic E-state index is -2.36. The Kier molecular flexibility index (Phi) is 5.81. The third kappa shape index (κ3) is 4.59. The molecule has 5 rings (SSSR count). The van der Waals surface area contributed by atoms with Crippen LogP contribution in [0.25, 0.3) is 11.3 Å². The number of carbonyl (C=O) groups is 1. The summed E-state index contributed by atoms with van der Waals surface area (Å²) in [6.07, 6.45) is 7.89. The molecule has 2 fully saturated rings. The van der Waals surface area contributed by atoms with E-state index in [1.165, 1.54) is 15.6 Å². The van der Waals surface area contributed by atoms with Crippen LogP contribution in [0.2, 0.25) is 0 Å². The van der Waals surface area contributed by atoms with Gasteiger partial charge in [0.05, 0.1) is 35.9 Å². The van der Waals surface area contributed by atoms with Gasteiger partial charge >= 0.3 is 0 Å². The molecular formula is C21H21N6O4S2-. The molecule has 0 radical (unpaired) electrons. The number of hydrogen-bond donors (Lipinski definition) is 1. The highest BCUT2D eigenvalue weighted by Gasteiger charge is 2.48. The normalized spacial score (nSPS) is 17.3. The van der Waals surface area contributed by atoms with Gasteiger partial charge in [-0.1, -0.05) is 0 Å².